The van der Waals surface area contributed by atoms with Crippen molar-refractivity contribution in [3.63, 3.8) is 0 Å². The number of ether oxygens (including phenoxy) is 1. The number of carbonyl (C=O) groups is 2. The van der Waals surface area contributed by atoms with E-state index in [0.29, 0.717) is 16.3 Å². The molecule has 0 atom stereocenters. The number of thioether (sulfide) groups is 1. The second-order valence-electron chi connectivity index (χ2n) is 9.66. The molecular weight excluding hydrogens is 644 g/mol. The van der Waals surface area contributed by atoms with Crippen LogP contribution in [0.25, 0.3) is 28.4 Å². The lowest BCUT2D eigenvalue weighted by molar-refractivity contribution is -0.144. The standard InChI is InChI=1S/C30H19F6N3O4S2/c1-43-22-9-4-16(13-23-26(40)39(28(44)45-23)11-10-15-2-5-17(6-3-15)27(41)42)12-19(22)21-8-7-18-20(29(31,32)33)14-24(30(34,35)36)38-25(18)37-21/h2-9,12-14H,10-11H2,1H3,(H,41,42)/b23-13-. The van der Waals surface area contributed by atoms with Gasteiger partial charge in [0.15, 0.2) is 5.65 Å². The van der Waals surface area contributed by atoms with Crippen molar-refractivity contribution in [2.75, 3.05) is 13.7 Å². The zero-order valence-electron chi connectivity index (χ0n) is 22.9. The van der Waals surface area contributed by atoms with E-state index in [1.165, 1.54) is 42.3 Å². The lowest BCUT2D eigenvalue weighted by Gasteiger charge is -2.15. The summed E-state index contributed by atoms with van der Waals surface area (Å²) in [6.07, 6.45) is -8.26. The Morgan fingerprint density at radius 2 is 1.71 bits per heavy atom. The normalized spacial score (nSPS) is 14.9. The van der Waals surface area contributed by atoms with Crippen molar-refractivity contribution in [3.05, 3.63) is 93.5 Å². The summed E-state index contributed by atoms with van der Waals surface area (Å²) >= 11 is 6.45. The molecule has 0 bridgehead atoms. The number of thiocarbonyl (C=S) groups is 1. The van der Waals surface area contributed by atoms with Gasteiger partial charge in [0, 0.05) is 17.5 Å². The SMILES string of the molecule is COc1ccc(/C=C2\SC(=S)N(CCc3ccc(C(=O)O)cc3)C2=O)cc1-c1ccc2c(C(F)(F)F)cc(C(F)(F)F)nc2n1. The molecule has 1 aliphatic heterocycles. The number of rotatable bonds is 7. The summed E-state index contributed by atoms with van der Waals surface area (Å²) < 4.78 is 86.7. The van der Waals surface area contributed by atoms with E-state index >= 15 is 0 Å². The molecule has 1 fully saturated rings. The van der Waals surface area contributed by atoms with E-state index in [1.807, 2.05) is 0 Å². The number of aromatic nitrogens is 2. The van der Waals surface area contributed by atoms with Crippen LogP contribution in [0.15, 0.2) is 65.6 Å². The maximum atomic E-state index is 13.6. The highest BCUT2D eigenvalue weighted by Gasteiger charge is 2.39. The highest BCUT2D eigenvalue weighted by atomic mass is 32.2. The quantitative estimate of drug-likeness (QED) is 0.124. The van der Waals surface area contributed by atoms with E-state index in [2.05, 4.69) is 9.97 Å². The van der Waals surface area contributed by atoms with Gasteiger partial charge in [-0.2, -0.15) is 26.3 Å². The average Bonchev–Trinajstić information content (AvgIpc) is 3.25. The molecule has 0 saturated carbocycles. The molecule has 232 valence electrons. The first kappa shape index (κ1) is 31.9. The minimum atomic E-state index is -5.14. The Hall–Kier alpha value is -4.50. The molecule has 5 rings (SSSR count). The molecule has 7 nitrogen and oxygen atoms in total. The fourth-order valence-electron chi connectivity index (χ4n) is 4.55. The molecule has 0 unspecified atom stereocenters. The topological polar surface area (TPSA) is 92.6 Å². The van der Waals surface area contributed by atoms with Crippen molar-refractivity contribution in [2.45, 2.75) is 18.8 Å². The lowest BCUT2D eigenvalue weighted by Crippen LogP contribution is -2.30. The minimum Gasteiger partial charge on any atom is -0.496 e. The number of benzene rings is 2. The van der Waals surface area contributed by atoms with Gasteiger partial charge in [0.05, 0.1) is 28.8 Å². The number of aromatic carboxylic acids is 1. The fraction of sp³-hybridized carbons (Fsp3) is 0.167. The molecule has 1 amide bonds. The highest BCUT2D eigenvalue weighted by molar-refractivity contribution is 8.26. The summed E-state index contributed by atoms with van der Waals surface area (Å²) in [5, 5.41) is 8.46. The molecule has 0 spiro atoms. The van der Waals surface area contributed by atoms with Crippen LogP contribution in [0.3, 0.4) is 0 Å². The number of hydrogen-bond donors (Lipinski definition) is 1. The molecule has 2 aromatic heterocycles. The number of carboxylic acids is 1. The third-order valence-corrected chi connectivity index (χ3v) is 8.14. The Kier molecular flexibility index (Phi) is 8.60. The van der Waals surface area contributed by atoms with Crippen LogP contribution in [-0.2, 0) is 23.6 Å². The van der Waals surface area contributed by atoms with Crippen molar-refractivity contribution in [1.82, 2.24) is 14.9 Å². The molecule has 1 N–H and O–H groups in total. The minimum absolute atomic E-state index is 0.00369. The summed E-state index contributed by atoms with van der Waals surface area (Å²) in [6.45, 7) is 0.246. The van der Waals surface area contributed by atoms with Gasteiger partial charge in [-0.3, -0.25) is 9.69 Å². The summed E-state index contributed by atoms with van der Waals surface area (Å²) in [6, 6.07) is 13.1. The third kappa shape index (κ3) is 6.78. The first-order valence-electron chi connectivity index (χ1n) is 12.9. The molecule has 1 saturated heterocycles. The monoisotopic (exact) mass is 663 g/mol. The number of hydrogen-bond acceptors (Lipinski definition) is 7. The lowest BCUT2D eigenvalue weighted by atomic mass is 10.0. The molecule has 3 heterocycles. The van der Waals surface area contributed by atoms with Gasteiger partial charge in [-0.05, 0) is 66.1 Å². The molecule has 4 aromatic rings. The van der Waals surface area contributed by atoms with Gasteiger partial charge in [0.2, 0.25) is 0 Å². The van der Waals surface area contributed by atoms with E-state index in [9.17, 15) is 35.9 Å². The molecule has 2 aromatic carbocycles. The van der Waals surface area contributed by atoms with Crippen LogP contribution in [0.4, 0.5) is 26.3 Å². The number of halogens is 6. The zero-order valence-corrected chi connectivity index (χ0v) is 24.5. The van der Waals surface area contributed by atoms with Crippen LogP contribution in [-0.4, -0.2) is 49.8 Å². The molecule has 0 aliphatic carbocycles. The molecule has 0 radical (unpaired) electrons. The summed E-state index contributed by atoms with van der Waals surface area (Å²) in [5.74, 6) is -1.19. The van der Waals surface area contributed by atoms with Crippen LogP contribution in [0.2, 0.25) is 0 Å². The number of carboxylic acid groups (broad SMARTS) is 1. The van der Waals surface area contributed by atoms with Gasteiger partial charge in [-0.1, -0.05) is 42.2 Å². The third-order valence-electron chi connectivity index (χ3n) is 6.76. The van der Waals surface area contributed by atoms with Gasteiger partial charge < -0.3 is 9.84 Å². The van der Waals surface area contributed by atoms with E-state index in [0.717, 1.165) is 23.4 Å². The Morgan fingerprint density at radius 1 is 1.00 bits per heavy atom. The molecule has 1 aliphatic rings. The number of pyridine rings is 2. The van der Waals surface area contributed by atoms with E-state index < -0.39 is 40.6 Å². The van der Waals surface area contributed by atoms with Gasteiger partial charge in [-0.15, -0.1) is 0 Å². The first-order chi connectivity index (χ1) is 21.2. The summed E-state index contributed by atoms with van der Waals surface area (Å²) in [7, 11) is 1.33. The van der Waals surface area contributed by atoms with E-state index in [-0.39, 0.29) is 46.0 Å². The van der Waals surface area contributed by atoms with Gasteiger partial charge in [0.1, 0.15) is 15.8 Å². The Morgan fingerprint density at radius 3 is 2.33 bits per heavy atom. The first-order valence-corrected chi connectivity index (χ1v) is 14.1. The number of nitrogens with zero attached hydrogens (tertiary/aromatic N) is 3. The van der Waals surface area contributed by atoms with Gasteiger partial charge in [-0.25, -0.2) is 14.8 Å². The maximum Gasteiger partial charge on any atom is 0.433 e. The fourth-order valence-corrected chi connectivity index (χ4v) is 5.86. The van der Waals surface area contributed by atoms with Crippen molar-refractivity contribution >= 4 is 57.3 Å². The highest BCUT2D eigenvalue weighted by Crippen LogP contribution is 2.40. The molecule has 45 heavy (non-hydrogen) atoms. The number of fused-ring (bicyclic) bond motifs is 1. The number of carbonyl (C=O) groups excluding carboxylic acids is 1. The van der Waals surface area contributed by atoms with Crippen LogP contribution >= 0.6 is 24.0 Å². The summed E-state index contributed by atoms with van der Waals surface area (Å²) in [4.78, 5) is 33.3. The van der Waals surface area contributed by atoms with Crippen molar-refractivity contribution in [1.29, 1.82) is 0 Å². The van der Waals surface area contributed by atoms with Crippen LogP contribution in [0, 0.1) is 0 Å². The maximum absolute atomic E-state index is 13.6. The second-order valence-corrected chi connectivity index (χ2v) is 11.3. The zero-order chi connectivity index (χ0) is 32.7. The van der Waals surface area contributed by atoms with Gasteiger partial charge >= 0.3 is 18.3 Å². The van der Waals surface area contributed by atoms with Gasteiger partial charge in [0.25, 0.3) is 5.91 Å². The average molecular weight is 664 g/mol. The van der Waals surface area contributed by atoms with Crippen LogP contribution < -0.4 is 4.74 Å². The van der Waals surface area contributed by atoms with Crippen molar-refractivity contribution < 1.29 is 45.8 Å². The Balaban J connectivity index is 1.45. The van der Waals surface area contributed by atoms with Crippen molar-refractivity contribution in [2.24, 2.45) is 0 Å². The van der Waals surface area contributed by atoms with Crippen molar-refractivity contribution in [3.8, 4) is 17.0 Å². The predicted molar refractivity (Wildman–Crippen MR) is 159 cm³/mol. The van der Waals surface area contributed by atoms with Crippen LogP contribution in [0.1, 0.15) is 32.7 Å². The predicted octanol–water partition coefficient (Wildman–Crippen LogP) is 7.49. The number of methoxy groups -OCH3 is 1. The second kappa shape index (κ2) is 12.1. The number of amides is 1. The smallest absolute Gasteiger partial charge is 0.433 e. The Bertz CT molecular complexity index is 1880. The largest absolute Gasteiger partial charge is 0.496 e. The van der Waals surface area contributed by atoms with Crippen LogP contribution in [0.5, 0.6) is 5.75 Å². The summed E-state index contributed by atoms with van der Waals surface area (Å²) in [5.41, 5.74) is -2.35. The Labute approximate surface area is 260 Å². The van der Waals surface area contributed by atoms with E-state index in [4.69, 9.17) is 22.1 Å². The molecule has 15 heteroatoms. The molecular formula is C30H19F6N3O4S2. The van der Waals surface area contributed by atoms with E-state index in [1.54, 1.807) is 24.3 Å². The number of alkyl halides is 6.